The molecule has 1 heterocycles. The van der Waals surface area contributed by atoms with Crippen LogP contribution in [0.4, 0.5) is 5.69 Å². The first-order valence-corrected chi connectivity index (χ1v) is 12.2. The first-order chi connectivity index (χ1) is 14.8. The largest absolute Gasteiger partial charge is 0.451 e. The Kier molecular flexibility index (Phi) is 7.56. The van der Waals surface area contributed by atoms with Gasteiger partial charge in [-0.3, -0.25) is 4.79 Å². The van der Waals surface area contributed by atoms with Gasteiger partial charge in [0.15, 0.2) is 6.61 Å². The van der Waals surface area contributed by atoms with E-state index in [2.05, 4.69) is 10.0 Å². The molecule has 0 atom stereocenters. The average Bonchev–Trinajstić information content (AvgIpc) is 3.21. The van der Waals surface area contributed by atoms with Gasteiger partial charge in [0.1, 0.15) is 4.88 Å². The lowest BCUT2D eigenvalue weighted by Crippen LogP contribution is -2.24. The molecule has 2 aromatic carbocycles. The van der Waals surface area contributed by atoms with Crippen molar-refractivity contribution in [3.63, 3.8) is 0 Å². The van der Waals surface area contributed by atoms with E-state index in [1.807, 2.05) is 48.5 Å². The molecule has 31 heavy (non-hydrogen) atoms. The highest BCUT2D eigenvalue weighted by molar-refractivity contribution is 7.88. The van der Waals surface area contributed by atoms with Crippen LogP contribution in [0.25, 0.3) is 11.1 Å². The number of thiophene rings is 1. The summed E-state index contributed by atoms with van der Waals surface area (Å²) >= 11 is 1.21. The summed E-state index contributed by atoms with van der Waals surface area (Å²) in [4.78, 5) is 25.7. The Morgan fingerprint density at radius 2 is 1.68 bits per heavy atom. The molecule has 3 aromatic rings. The average molecular weight is 459 g/mol. The molecule has 2 N–H and O–H groups in total. The Morgan fingerprint density at radius 3 is 2.42 bits per heavy atom. The smallest absolute Gasteiger partial charge is 0.348 e. The minimum atomic E-state index is -3.25. The van der Waals surface area contributed by atoms with Gasteiger partial charge in [-0.1, -0.05) is 48.5 Å². The highest BCUT2D eigenvalue weighted by Crippen LogP contribution is 2.27. The standard InChI is InChI=1S/C22H22N2O5S2/c1-31(27,28)23-14-13-17-11-12-20(30-17)22(26)29-15-21(25)24-19-10-6-5-9-18(19)16-7-3-2-4-8-16/h2-12,23H,13-15H2,1H3,(H,24,25). The van der Waals surface area contributed by atoms with Crippen molar-refractivity contribution < 1.29 is 22.7 Å². The van der Waals surface area contributed by atoms with E-state index in [9.17, 15) is 18.0 Å². The number of ether oxygens (including phenoxy) is 1. The second kappa shape index (κ2) is 10.3. The summed E-state index contributed by atoms with van der Waals surface area (Å²) in [7, 11) is -3.25. The van der Waals surface area contributed by atoms with Crippen molar-refractivity contribution in [2.24, 2.45) is 0 Å². The number of nitrogens with one attached hydrogen (secondary N) is 2. The molecule has 0 fully saturated rings. The zero-order valence-electron chi connectivity index (χ0n) is 16.8. The maximum Gasteiger partial charge on any atom is 0.348 e. The number of hydrogen-bond acceptors (Lipinski definition) is 6. The Balaban J connectivity index is 1.53. The van der Waals surface area contributed by atoms with Crippen LogP contribution in [0, 0.1) is 0 Å². The molecular weight excluding hydrogens is 436 g/mol. The first-order valence-electron chi connectivity index (χ1n) is 9.46. The minimum absolute atomic E-state index is 0.247. The van der Waals surface area contributed by atoms with Gasteiger partial charge in [0.2, 0.25) is 10.0 Å². The molecule has 9 heteroatoms. The summed E-state index contributed by atoms with van der Waals surface area (Å²) in [6.45, 7) is -0.165. The van der Waals surface area contributed by atoms with Crippen molar-refractivity contribution in [3.05, 3.63) is 76.5 Å². The van der Waals surface area contributed by atoms with Crippen LogP contribution in [0.5, 0.6) is 0 Å². The number of hydrogen-bond donors (Lipinski definition) is 2. The molecule has 7 nitrogen and oxygen atoms in total. The van der Waals surface area contributed by atoms with Gasteiger partial charge >= 0.3 is 5.97 Å². The number of anilines is 1. The Hall–Kier alpha value is -3.01. The molecule has 3 rings (SSSR count). The SMILES string of the molecule is CS(=O)(=O)NCCc1ccc(C(=O)OCC(=O)Nc2ccccc2-c2ccccc2)s1. The Bertz CT molecular complexity index is 1160. The van der Waals surface area contributed by atoms with Crippen molar-refractivity contribution in [2.75, 3.05) is 24.7 Å². The van der Waals surface area contributed by atoms with E-state index in [0.717, 1.165) is 22.3 Å². The fourth-order valence-electron chi connectivity index (χ4n) is 2.83. The zero-order valence-corrected chi connectivity index (χ0v) is 18.5. The summed E-state index contributed by atoms with van der Waals surface area (Å²) in [6.07, 6.45) is 1.55. The van der Waals surface area contributed by atoms with Gasteiger partial charge < -0.3 is 10.1 Å². The van der Waals surface area contributed by atoms with Crippen molar-refractivity contribution in [2.45, 2.75) is 6.42 Å². The zero-order chi connectivity index (χ0) is 22.3. The summed E-state index contributed by atoms with van der Waals surface area (Å²) in [5.74, 6) is -1.04. The summed E-state index contributed by atoms with van der Waals surface area (Å²) in [5.41, 5.74) is 2.46. The molecule has 0 saturated heterocycles. The number of amides is 1. The normalized spacial score (nSPS) is 11.1. The number of sulfonamides is 1. The van der Waals surface area contributed by atoms with Crippen molar-refractivity contribution in [1.82, 2.24) is 4.72 Å². The number of benzene rings is 2. The van der Waals surface area contributed by atoms with E-state index in [0.29, 0.717) is 17.0 Å². The monoisotopic (exact) mass is 458 g/mol. The molecular formula is C22H22N2O5S2. The number of carbonyl (C=O) groups excluding carboxylic acids is 2. The Labute approximate surface area is 185 Å². The fourth-order valence-corrected chi connectivity index (χ4v) is 4.21. The van der Waals surface area contributed by atoms with E-state index < -0.39 is 28.5 Å². The number of para-hydroxylation sites is 1. The lowest BCUT2D eigenvalue weighted by molar-refractivity contribution is -0.119. The van der Waals surface area contributed by atoms with Gasteiger partial charge in [-0.15, -0.1) is 11.3 Å². The second-order valence-electron chi connectivity index (χ2n) is 6.72. The molecule has 0 aliphatic carbocycles. The van der Waals surface area contributed by atoms with Gasteiger partial charge in [-0.2, -0.15) is 0 Å². The summed E-state index contributed by atoms with van der Waals surface area (Å²) in [6, 6.07) is 20.4. The van der Waals surface area contributed by atoms with Crippen LogP contribution in [0.15, 0.2) is 66.7 Å². The second-order valence-corrected chi connectivity index (χ2v) is 9.72. The number of rotatable bonds is 9. The fraction of sp³-hybridized carbons (Fsp3) is 0.182. The molecule has 0 aliphatic heterocycles. The maximum atomic E-state index is 12.3. The molecule has 162 valence electrons. The van der Waals surface area contributed by atoms with Gasteiger partial charge in [0, 0.05) is 22.7 Å². The molecule has 0 saturated carbocycles. The summed E-state index contributed by atoms with van der Waals surface area (Å²) < 4.78 is 29.7. The Morgan fingerprint density at radius 1 is 0.968 bits per heavy atom. The third-order valence-corrected chi connectivity index (χ3v) is 6.07. The van der Waals surface area contributed by atoms with Crippen LogP contribution in [0.2, 0.25) is 0 Å². The minimum Gasteiger partial charge on any atom is -0.451 e. The van der Waals surface area contributed by atoms with Crippen molar-refractivity contribution in [3.8, 4) is 11.1 Å². The predicted octanol–water partition coefficient (Wildman–Crippen LogP) is 3.30. The number of esters is 1. The van der Waals surface area contributed by atoms with E-state index in [4.69, 9.17) is 4.74 Å². The van der Waals surface area contributed by atoms with Crippen LogP contribution < -0.4 is 10.0 Å². The molecule has 0 radical (unpaired) electrons. The van der Waals surface area contributed by atoms with Crippen molar-refractivity contribution in [1.29, 1.82) is 0 Å². The predicted molar refractivity (Wildman–Crippen MR) is 122 cm³/mol. The van der Waals surface area contributed by atoms with Crippen LogP contribution in [-0.4, -0.2) is 39.7 Å². The van der Waals surface area contributed by atoms with Gasteiger partial charge in [-0.25, -0.2) is 17.9 Å². The molecule has 0 unspecified atom stereocenters. The van der Waals surface area contributed by atoms with Crippen LogP contribution in [0.3, 0.4) is 0 Å². The molecule has 1 amide bonds. The molecule has 0 bridgehead atoms. The molecule has 0 aliphatic rings. The maximum absolute atomic E-state index is 12.3. The van der Waals surface area contributed by atoms with Gasteiger partial charge in [0.25, 0.3) is 5.91 Å². The summed E-state index contributed by atoms with van der Waals surface area (Å²) in [5, 5.41) is 2.79. The topological polar surface area (TPSA) is 102 Å². The van der Waals surface area contributed by atoms with Crippen LogP contribution in [-0.2, 0) is 26.0 Å². The lowest BCUT2D eigenvalue weighted by Gasteiger charge is -2.11. The molecule has 1 aromatic heterocycles. The highest BCUT2D eigenvalue weighted by atomic mass is 32.2. The van der Waals surface area contributed by atoms with Crippen LogP contribution >= 0.6 is 11.3 Å². The van der Waals surface area contributed by atoms with E-state index >= 15 is 0 Å². The van der Waals surface area contributed by atoms with Gasteiger partial charge in [-0.05, 0) is 30.2 Å². The van der Waals surface area contributed by atoms with E-state index in [1.54, 1.807) is 18.2 Å². The van der Waals surface area contributed by atoms with Crippen molar-refractivity contribution >= 4 is 38.9 Å². The van der Waals surface area contributed by atoms with Gasteiger partial charge in [0.05, 0.1) is 6.26 Å². The lowest BCUT2D eigenvalue weighted by atomic mass is 10.0. The van der Waals surface area contributed by atoms with E-state index in [1.165, 1.54) is 11.3 Å². The number of carbonyl (C=O) groups is 2. The first kappa shape index (κ1) is 22.7. The highest BCUT2D eigenvalue weighted by Gasteiger charge is 2.14. The quantitative estimate of drug-likeness (QED) is 0.479. The van der Waals surface area contributed by atoms with E-state index in [-0.39, 0.29) is 6.54 Å². The third kappa shape index (κ3) is 7.02. The van der Waals surface area contributed by atoms with Crippen LogP contribution in [0.1, 0.15) is 14.5 Å². The molecule has 0 spiro atoms. The third-order valence-electron chi connectivity index (χ3n) is 4.22.